The van der Waals surface area contributed by atoms with Crippen molar-refractivity contribution in [2.45, 2.75) is 52.3 Å². The van der Waals surface area contributed by atoms with Gasteiger partial charge in [0.05, 0.1) is 17.7 Å². The summed E-state index contributed by atoms with van der Waals surface area (Å²) >= 11 is 6.06. The summed E-state index contributed by atoms with van der Waals surface area (Å²) in [6.45, 7) is 7.35. The average Bonchev–Trinajstić information content (AvgIpc) is 2.79. The Morgan fingerprint density at radius 1 is 1.00 bits per heavy atom. The van der Waals surface area contributed by atoms with E-state index in [-0.39, 0.29) is 30.1 Å². The van der Waals surface area contributed by atoms with E-state index >= 15 is 0 Å². The van der Waals surface area contributed by atoms with Crippen LogP contribution in [0.4, 0.5) is 11.4 Å². The number of nitrogens with one attached hydrogen (secondary N) is 1. The van der Waals surface area contributed by atoms with Gasteiger partial charge in [-0.05, 0) is 92.4 Å². The van der Waals surface area contributed by atoms with E-state index in [1.54, 1.807) is 19.1 Å². The van der Waals surface area contributed by atoms with E-state index in [0.29, 0.717) is 10.6 Å². The summed E-state index contributed by atoms with van der Waals surface area (Å²) in [5, 5.41) is 4.31. The number of halogens is 1. The number of carbonyl (C=O) groups is 2. The minimum absolute atomic E-state index is 0.0273. The Labute approximate surface area is 205 Å². The second-order valence-corrected chi connectivity index (χ2v) is 9.42. The smallest absolute Gasteiger partial charge is 0.338 e. The maximum Gasteiger partial charge on any atom is 0.338 e. The standard InChI is InChI=1S/C28H29ClN2O3/c1-17(2)34-28(33)21-7-5-20(6-8-21)22-9-14-27-25(16-22)26(15-18(3)31(27)19(4)32)30-24-12-10-23(29)11-13-24/h5-14,16-18,26,30H,15H2,1-4H3. The summed E-state index contributed by atoms with van der Waals surface area (Å²) in [4.78, 5) is 26.5. The van der Waals surface area contributed by atoms with Crippen molar-refractivity contribution in [2.24, 2.45) is 0 Å². The van der Waals surface area contributed by atoms with Crippen molar-refractivity contribution >= 4 is 34.9 Å². The first-order valence-electron chi connectivity index (χ1n) is 11.5. The zero-order valence-electron chi connectivity index (χ0n) is 19.8. The highest BCUT2D eigenvalue weighted by Gasteiger charge is 2.32. The summed E-state index contributed by atoms with van der Waals surface area (Å²) < 4.78 is 5.29. The Hall–Kier alpha value is -3.31. The lowest BCUT2D eigenvalue weighted by atomic mass is 9.88. The lowest BCUT2D eigenvalue weighted by Crippen LogP contribution is -2.43. The molecule has 0 saturated carbocycles. The fraction of sp³-hybridized carbons (Fsp3) is 0.286. The van der Waals surface area contributed by atoms with E-state index in [0.717, 1.165) is 34.5 Å². The van der Waals surface area contributed by atoms with Crippen LogP contribution in [0.3, 0.4) is 0 Å². The second-order valence-electron chi connectivity index (χ2n) is 8.98. The summed E-state index contributed by atoms with van der Waals surface area (Å²) in [7, 11) is 0. The first-order chi connectivity index (χ1) is 16.2. The van der Waals surface area contributed by atoms with Gasteiger partial charge in [0.25, 0.3) is 0 Å². The van der Waals surface area contributed by atoms with Crippen LogP contribution in [0.5, 0.6) is 0 Å². The van der Waals surface area contributed by atoms with Gasteiger partial charge in [0.1, 0.15) is 0 Å². The largest absolute Gasteiger partial charge is 0.459 e. The van der Waals surface area contributed by atoms with E-state index in [1.807, 2.05) is 67.3 Å². The molecular weight excluding hydrogens is 448 g/mol. The van der Waals surface area contributed by atoms with Crippen molar-refractivity contribution in [2.75, 3.05) is 10.2 Å². The van der Waals surface area contributed by atoms with E-state index in [1.165, 1.54) is 0 Å². The Kier molecular flexibility index (Phi) is 6.94. The summed E-state index contributed by atoms with van der Waals surface area (Å²) in [6, 6.07) is 21.3. The summed E-state index contributed by atoms with van der Waals surface area (Å²) in [6.07, 6.45) is 0.614. The fourth-order valence-electron chi connectivity index (χ4n) is 4.49. The van der Waals surface area contributed by atoms with Crippen LogP contribution < -0.4 is 10.2 Å². The molecule has 0 saturated heterocycles. The lowest BCUT2D eigenvalue weighted by Gasteiger charge is -2.39. The molecule has 3 aromatic rings. The topological polar surface area (TPSA) is 58.6 Å². The molecule has 0 bridgehead atoms. The van der Waals surface area contributed by atoms with E-state index in [9.17, 15) is 9.59 Å². The van der Waals surface area contributed by atoms with Gasteiger partial charge in [0.2, 0.25) is 5.91 Å². The van der Waals surface area contributed by atoms with E-state index in [2.05, 4.69) is 18.3 Å². The normalized spacial score (nSPS) is 17.3. The van der Waals surface area contributed by atoms with Gasteiger partial charge < -0.3 is 15.0 Å². The highest BCUT2D eigenvalue weighted by molar-refractivity contribution is 6.30. The number of benzene rings is 3. The van der Waals surface area contributed by atoms with Crippen LogP contribution in [0.25, 0.3) is 11.1 Å². The Bertz CT molecular complexity index is 1190. The van der Waals surface area contributed by atoms with Gasteiger partial charge in [0, 0.05) is 29.4 Å². The Morgan fingerprint density at radius 3 is 2.26 bits per heavy atom. The molecule has 4 rings (SSSR count). The van der Waals surface area contributed by atoms with Gasteiger partial charge in [-0.3, -0.25) is 4.79 Å². The van der Waals surface area contributed by atoms with Crippen LogP contribution in [0.15, 0.2) is 66.7 Å². The maximum absolute atomic E-state index is 12.5. The van der Waals surface area contributed by atoms with Gasteiger partial charge in [-0.25, -0.2) is 4.79 Å². The average molecular weight is 477 g/mol. The summed E-state index contributed by atoms with van der Waals surface area (Å²) in [5.41, 5.74) is 5.48. The predicted molar refractivity (Wildman–Crippen MR) is 137 cm³/mol. The number of hydrogen-bond acceptors (Lipinski definition) is 4. The molecule has 5 nitrogen and oxygen atoms in total. The van der Waals surface area contributed by atoms with Gasteiger partial charge in [-0.1, -0.05) is 29.8 Å². The molecule has 0 aromatic heterocycles. The van der Waals surface area contributed by atoms with Crippen LogP contribution in [0.1, 0.15) is 56.1 Å². The summed E-state index contributed by atoms with van der Waals surface area (Å²) in [5.74, 6) is -0.301. The number of fused-ring (bicyclic) bond motifs is 1. The first-order valence-corrected chi connectivity index (χ1v) is 11.9. The molecule has 176 valence electrons. The SMILES string of the molecule is CC(=O)N1c2ccc(-c3ccc(C(=O)OC(C)C)cc3)cc2C(Nc2ccc(Cl)cc2)CC1C. The highest BCUT2D eigenvalue weighted by Crippen LogP contribution is 2.41. The number of ether oxygens (including phenoxy) is 1. The van der Waals surface area contributed by atoms with Crippen molar-refractivity contribution in [1.82, 2.24) is 0 Å². The quantitative estimate of drug-likeness (QED) is 0.408. The monoisotopic (exact) mass is 476 g/mol. The van der Waals surface area contributed by atoms with Gasteiger partial charge in [-0.2, -0.15) is 0 Å². The number of carbonyl (C=O) groups excluding carboxylic acids is 2. The highest BCUT2D eigenvalue weighted by atomic mass is 35.5. The predicted octanol–water partition coefficient (Wildman–Crippen LogP) is 6.87. The third kappa shape index (κ3) is 5.10. The molecule has 3 aromatic carbocycles. The molecule has 6 heteroatoms. The maximum atomic E-state index is 12.5. The third-order valence-corrected chi connectivity index (χ3v) is 6.25. The Morgan fingerprint density at radius 2 is 1.65 bits per heavy atom. The number of nitrogens with zero attached hydrogens (tertiary/aromatic N) is 1. The third-order valence-electron chi connectivity index (χ3n) is 6.00. The molecular formula is C28H29ClN2O3. The molecule has 1 heterocycles. The van der Waals surface area contributed by atoms with Crippen LogP contribution in [0.2, 0.25) is 5.02 Å². The second kappa shape index (κ2) is 9.90. The van der Waals surface area contributed by atoms with Crippen LogP contribution in [-0.2, 0) is 9.53 Å². The van der Waals surface area contributed by atoms with Crippen molar-refractivity contribution in [3.05, 3.63) is 82.9 Å². The number of amides is 1. The van der Waals surface area contributed by atoms with Crippen molar-refractivity contribution < 1.29 is 14.3 Å². The molecule has 1 amide bonds. The van der Waals surface area contributed by atoms with Gasteiger partial charge in [-0.15, -0.1) is 0 Å². The molecule has 1 N–H and O–H groups in total. The molecule has 0 aliphatic carbocycles. The van der Waals surface area contributed by atoms with Crippen molar-refractivity contribution in [3.63, 3.8) is 0 Å². The van der Waals surface area contributed by atoms with E-state index in [4.69, 9.17) is 16.3 Å². The molecule has 2 atom stereocenters. The van der Waals surface area contributed by atoms with Crippen LogP contribution in [-0.4, -0.2) is 24.0 Å². The number of hydrogen-bond donors (Lipinski definition) is 1. The van der Waals surface area contributed by atoms with E-state index < -0.39 is 0 Å². The van der Waals surface area contributed by atoms with Crippen molar-refractivity contribution in [1.29, 1.82) is 0 Å². The van der Waals surface area contributed by atoms with Crippen LogP contribution >= 0.6 is 11.6 Å². The molecule has 2 unspecified atom stereocenters. The minimum atomic E-state index is -0.328. The molecule has 0 fully saturated rings. The number of anilines is 2. The van der Waals surface area contributed by atoms with Gasteiger partial charge >= 0.3 is 5.97 Å². The lowest BCUT2D eigenvalue weighted by molar-refractivity contribution is -0.117. The number of esters is 1. The fourth-order valence-corrected chi connectivity index (χ4v) is 4.61. The van der Waals surface area contributed by atoms with Crippen molar-refractivity contribution in [3.8, 4) is 11.1 Å². The molecule has 1 aliphatic rings. The zero-order valence-corrected chi connectivity index (χ0v) is 20.6. The van der Waals surface area contributed by atoms with Gasteiger partial charge in [0.15, 0.2) is 0 Å². The molecule has 34 heavy (non-hydrogen) atoms. The Balaban J connectivity index is 1.69. The van der Waals surface area contributed by atoms with Crippen LogP contribution in [0, 0.1) is 0 Å². The molecule has 0 spiro atoms. The zero-order chi connectivity index (χ0) is 24.4. The minimum Gasteiger partial charge on any atom is -0.459 e. The molecule has 1 aliphatic heterocycles. The molecule has 0 radical (unpaired) electrons. The number of rotatable bonds is 5. The first kappa shape index (κ1) is 23.8.